The molecule has 2 atom stereocenters. The fourth-order valence-electron chi connectivity index (χ4n) is 2.84. The standard InChI is InChI=1S/C17H17F3N2O5S/c1-16(2)15(23)14(22-28(24,25)11-4-3-7-21-9-11)12-8-10(26-17(18,19)20)5-6-13(12)27-16/h3-9,14-15,22-23H,1-2H3/t14-,15+/m1/s1. The first kappa shape index (κ1) is 20.4. The Morgan fingerprint density at radius 1 is 1.29 bits per heavy atom. The Hall–Kier alpha value is -2.37. The molecule has 0 amide bonds. The van der Waals surface area contributed by atoms with Gasteiger partial charge in [-0.2, -0.15) is 0 Å². The molecule has 0 spiro atoms. The minimum absolute atomic E-state index is 0.0149. The monoisotopic (exact) mass is 418 g/mol. The van der Waals surface area contributed by atoms with E-state index in [0.717, 1.165) is 18.3 Å². The minimum Gasteiger partial charge on any atom is -0.485 e. The van der Waals surface area contributed by atoms with E-state index in [-0.39, 0.29) is 16.2 Å². The van der Waals surface area contributed by atoms with E-state index >= 15 is 0 Å². The summed E-state index contributed by atoms with van der Waals surface area (Å²) >= 11 is 0. The lowest BCUT2D eigenvalue weighted by Gasteiger charge is -2.42. The van der Waals surface area contributed by atoms with Crippen LogP contribution in [0.2, 0.25) is 0 Å². The number of hydrogen-bond acceptors (Lipinski definition) is 6. The molecule has 0 saturated carbocycles. The van der Waals surface area contributed by atoms with Gasteiger partial charge in [-0.3, -0.25) is 4.98 Å². The predicted octanol–water partition coefficient (Wildman–Crippen LogP) is 2.53. The number of benzene rings is 1. The van der Waals surface area contributed by atoms with Crippen molar-refractivity contribution in [3.63, 3.8) is 0 Å². The van der Waals surface area contributed by atoms with Gasteiger partial charge in [-0.25, -0.2) is 13.1 Å². The van der Waals surface area contributed by atoms with Gasteiger partial charge in [0.05, 0.1) is 6.04 Å². The van der Waals surface area contributed by atoms with E-state index < -0.39 is 39.9 Å². The first-order chi connectivity index (χ1) is 12.9. The van der Waals surface area contributed by atoms with E-state index in [9.17, 15) is 26.7 Å². The average molecular weight is 418 g/mol. The molecule has 0 saturated heterocycles. The second-order valence-corrected chi connectivity index (χ2v) is 8.40. The van der Waals surface area contributed by atoms with E-state index in [1.807, 2.05) is 0 Å². The number of pyridine rings is 1. The van der Waals surface area contributed by atoms with Gasteiger partial charge < -0.3 is 14.6 Å². The van der Waals surface area contributed by atoms with Crippen LogP contribution in [0.4, 0.5) is 13.2 Å². The van der Waals surface area contributed by atoms with E-state index in [1.165, 1.54) is 38.2 Å². The lowest BCUT2D eigenvalue weighted by molar-refractivity contribution is -0.274. The highest BCUT2D eigenvalue weighted by atomic mass is 32.2. The summed E-state index contributed by atoms with van der Waals surface area (Å²) in [6.45, 7) is 3.07. The summed E-state index contributed by atoms with van der Waals surface area (Å²) in [4.78, 5) is 3.58. The van der Waals surface area contributed by atoms with Gasteiger partial charge in [-0.05, 0) is 44.2 Å². The van der Waals surface area contributed by atoms with Gasteiger partial charge in [-0.15, -0.1) is 13.2 Å². The molecule has 7 nitrogen and oxygen atoms in total. The summed E-state index contributed by atoms with van der Waals surface area (Å²) in [5.74, 6) is -0.434. The van der Waals surface area contributed by atoms with Crippen molar-refractivity contribution in [1.82, 2.24) is 9.71 Å². The molecule has 3 rings (SSSR count). The molecule has 28 heavy (non-hydrogen) atoms. The number of aliphatic hydroxyl groups is 1. The predicted molar refractivity (Wildman–Crippen MR) is 91.1 cm³/mol. The third-order valence-electron chi connectivity index (χ3n) is 4.18. The number of hydrogen-bond donors (Lipinski definition) is 2. The highest BCUT2D eigenvalue weighted by molar-refractivity contribution is 7.89. The van der Waals surface area contributed by atoms with E-state index in [2.05, 4.69) is 14.4 Å². The third kappa shape index (κ3) is 4.21. The molecule has 0 unspecified atom stereocenters. The smallest absolute Gasteiger partial charge is 0.485 e. The second kappa shape index (κ2) is 6.90. The van der Waals surface area contributed by atoms with Crippen LogP contribution in [0.1, 0.15) is 25.5 Å². The van der Waals surface area contributed by atoms with Gasteiger partial charge in [0.25, 0.3) is 0 Å². The Morgan fingerprint density at radius 3 is 2.61 bits per heavy atom. The number of aliphatic hydroxyl groups excluding tert-OH is 1. The van der Waals surface area contributed by atoms with Crippen LogP contribution in [0.5, 0.6) is 11.5 Å². The van der Waals surface area contributed by atoms with Gasteiger partial charge in [0, 0.05) is 18.0 Å². The molecular formula is C17H17F3N2O5S. The van der Waals surface area contributed by atoms with Gasteiger partial charge in [0.1, 0.15) is 28.1 Å². The molecule has 1 aromatic carbocycles. The van der Waals surface area contributed by atoms with Crippen LogP contribution >= 0.6 is 0 Å². The fourth-order valence-corrected chi connectivity index (χ4v) is 4.03. The zero-order valence-electron chi connectivity index (χ0n) is 14.8. The largest absolute Gasteiger partial charge is 0.573 e. The molecule has 11 heteroatoms. The van der Waals surface area contributed by atoms with Crippen LogP contribution in [0.3, 0.4) is 0 Å². The van der Waals surface area contributed by atoms with Crippen molar-refractivity contribution in [2.24, 2.45) is 0 Å². The minimum atomic E-state index is -4.92. The number of rotatable bonds is 4. The van der Waals surface area contributed by atoms with Crippen molar-refractivity contribution in [3.05, 3.63) is 48.3 Å². The van der Waals surface area contributed by atoms with Gasteiger partial charge >= 0.3 is 6.36 Å². The van der Waals surface area contributed by atoms with Crippen LogP contribution in [-0.2, 0) is 10.0 Å². The maximum atomic E-state index is 12.7. The number of fused-ring (bicyclic) bond motifs is 1. The van der Waals surface area contributed by atoms with Crippen molar-refractivity contribution >= 4 is 10.0 Å². The Bertz CT molecular complexity index is 965. The number of sulfonamides is 1. The first-order valence-corrected chi connectivity index (χ1v) is 9.56. The number of ether oxygens (including phenoxy) is 2. The summed E-state index contributed by atoms with van der Waals surface area (Å²) in [6, 6.07) is 4.71. The van der Waals surface area contributed by atoms with Crippen molar-refractivity contribution in [2.75, 3.05) is 0 Å². The molecule has 2 heterocycles. The summed E-state index contributed by atoms with van der Waals surface area (Å²) in [6.07, 6.45) is -3.82. The van der Waals surface area contributed by atoms with Gasteiger partial charge in [0.2, 0.25) is 10.0 Å². The van der Waals surface area contributed by atoms with Gasteiger partial charge in [-0.1, -0.05) is 0 Å². The summed E-state index contributed by atoms with van der Waals surface area (Å²) in [5.41, 5.74) is -1.19. The van der Waals surface area contributed by atoms with Crippen molar-refractivity contribution in [1.29, 1.82) is 0 Å². The summed E-state index contributed by atoms with van der Waals surface area (Å²) in [5, 5.41) is 10.6. The summed E-state index contributed by atoms with van der Waals surface area (Å²) in [7, 11) is -4.12. The van der Waals surface area contributed by atoms with Crippen LogP contribution in [0.15, 0.2) is 47.6 Å². The third-order valence-corrected chi connectivity index (χ3v) is 5.60. The molecule has 0 radical (unpaired) electrons. The Labute approximate surface area is 159 Å². The highest BCUT2D eigenvalue weighted by Crippen LogP contribution is 2.42. The number of aromatic nitrogens is 1. The maximum Gasteiger partial charge on any atom is 0.573 e. The second-order valence-electron chi connectivity index (χ2n) is 6.69. The zero-order chi connectivity index (χ0) is 20.7. The van der Waals surface area contributed by atoms with Gasteiger partial charge in [0.15, 0.2) is 0 Å². The Balaban J connectivity index is 2.03. The van der Waals surface area contributed by atoms with Crippen LogP contribution in [-0.4, -0.2) is 36.6 Å². The number of alkyl halides is 3. The average Bonchev–Trinajstić information content (AvgIpc) is 2.59. The molecule has 0 aliphatic carbocycles. The SMILES string of the molecule is CC1(C)Oc2ccc(OC(F)(F)F)cc2[C@@H](NS(=O)(=O)c2cccnc2)[C@@H]1O. The first-order valence-electron chi connectivity index (χ1n) is 8.08. The number of halogens is 3. The van der Waals surface area contributed by atoms with Crippen molar-refractivity contribution < 1.29 is 36.2 Å². The van der Waals surface area contributed by atoms with Crippen molar-refractivity contribution in [3.8, 4) is 11.5 Å². The fraction of sp³-hybridized carbons (Fsp3) is 0.353. The van der Waals surface area contributed by atoms with Crippen LogP contribution in [0, 0.1) is 0 Å². The molecule has 0 fully saturated rings. The summed E-state index contributed by atoms with van der Waals surface area (Å²) < 4.78 is 74.8. The molecule has 0 bridgehead atoms. The molecule has 2 aromatic rings. The number of nitrogens with zero attached hydrogens (tertiary/aromatic N) is 1. The van der Waals surface area contributed by atoms with E-state index in [1.54, 1.807) is 0 Å². The highest BCUT2D eigenvalue weighted by Gasteiger charge is 2.45. The Morgan fingerprint density at radius 2 is 2.00 bits per heavy atom. The maximum absolute atomic E-state index is 12.7. The lowest BCUT2D eigenvalue weighted by atomic mass is 9.87. The molecular weight excluding hydrogens is 401 g/mol. The Kier molecular flexibility index (Phi) is 5.02. The quantitative estimate of drug-likeness (QED) is 0.792. The normalized spacial score (nSPS) is 21.5. The topological polar surface area (TPSA) is 97.8 Å². The van der Waals surface area contributed by atoms with E-state index in [4.69, 9.17) is 4.74 Å². The van der Waals surface area contributed by atoms with Crippen LogP contribution < -0.4 is 14.2 Å². The number of nitrogens with one attached hydrogen (secondary N) is 1. The molecule has 1 aliphatic heterocycles. The lowest BCUT2D eigenvalue weighted by Crippen LogP contribution is -2.53. The van der Waals surface area contributed by atoms with E-state index in [0.29, 0.717) is 0 Å². The molecule has 1 aromatic heterocycles. The van der Waals surface area contributed by atoms with Crippen molar-refractivity contribution in [2.45, 2.75) is 42.9 Å². The molecule has 1 aliphatic rings. The molecule has 2 N–H and O–H groups in total. The van der Waals surface area contributed by atoms with Crippen LogP contribution in [0.25, 0.3) is 0 Å². The zero-order valence-corrected chi connectivity index (χ0v) is 15.6. The molecule has 152 valence electrons.